The first kappa shape index (κ1) is 21.8. The minimum Gasteiger partial charge on any atom is -0.351 e. The minimum absolute atomic E-state index is 0. The van der Waals surface area contributed by atoms with E-state index in [4.69, 9.17) is 17.3 Å². The fourth-order valence-corrected chi connectivity index (χ4v) is 2.82. The summed E-state index contributed by atoms with van der Waals surface area (Å²) in [6.07, 6.45) is 2.56. The standard InChI is InChI=1S/C18H20ClFN2OS.ClH/c1-24-9-8-17(21)18(23)22-11-14-3-2-13(10-16(14)20)12-4-6-15(19)7-5-12;/h2-7,10,17H,8-9,11,21H2,1H3,(H,22,23);1H. The van der Waals surface area contributed by atoms with Gasteiger partial charge in [0.2, 0.25) is 5.91 Å². The van der Waals surface area contributed by atoms with Gasteiger partial charge in [0.25, 0.3) is 0 Å². The lowest BCUT2D eigenvalue weighted by molar-refractivity contribution is -0.122. The second kappa shape index (κ2) is 10.7. The van der Waals surface area contributed by atoms with E-state index in [9.17, 15) is 9.18 Å². The molecule has 0 radical (unpaired) electrons. The molecule has 3 N–H and O–H groups in total. The van der Waals surface area contributed by atoms with Crippen LogP contribution in [0.3, 0.4) is 0 Å². The van der Waals surface area contributed by atoms with Crippen LogP contribution in [0.1, 0.15) is 12.0 Å². The van der Waals surface area contributed by atoms with Gasteiger partial charge in [-0.3, -0.25) is 4.79 Å². The number of nitrogens with one attached hydrogen (secondary N) is 1. The molecule has 2 aromatic carbocycles. The van der Waals surface area contributed by atoms with Crippen LogP contribution in [0.15, 0.2) is 42.5 Å². The molecule has 1 unspecified atom stereocenters. The molecule has 0 aliphatic heterocycles. The molecule has 0 fully saturated rings. The van der Waals surface area contributed by atoms with Crippen LogP contribution in [0.5, 0.6) is 0 Å². The fourth-order valence-electron chi connectivity index (χ4n) is 2.20. The van der Waals surface area contributed by atoms with Crippen molar-refractivity contribution >= 4 is 41.7 Å². The van der Waals surface area contributed by atoms with E-state index in [0.29, 0.717) is 17.0 Å². The van der Waals surface area contributed by atoms with Gasteiger partial charge in [-0.05, 0) is 47.8 Å². The first-order chi connectivity index (χ1) is 11.5. The predicted molar refractivity (Wildman–Crippen MR) is 107 cm³/mol. The van der Waals surface area contributed by atoms with Gasteiger partial charge >= 0.3 is 0 Å². The summed E-state index contributed by atoms with van der Waals surface area (Å²) < 4.78 is 14.3. The average molecular weight is 403 g/mol. The Morgan fingerprint density at radius 3 is 2.48 bits per heavy atom. The van der Waals surface area contributed by atoms with Crippen LogP contribution in [0.25, 0.3) is 11.1 Å². The van der Waals surface area contributed by atoms with E-state index in [1.54, 1.807) is 30.0 Å². The summed E-state index contributed by atoms with van der Waals surface area (Å²) in [6, 6.07) is 11.6. The molecule has 0 aliphatic carbocycles. The zero-order chi connectivity index (χ0) is 17.5. The topological polar surface area (TPSA) is 55.1 Å². The van der Waals surface area contributed by atoms with Crippen molar-refractivity contribution < 1.29 is 9.18 Å². The van der Waals surface area contributed by atoms with Crippen LogP contribution in [0, 0.1) is 5.82 Å². The fraction of sp³-hybridized carbons (Fsp3) is 0.278. The lowest BCUT2D eigenvalue weighted by Crippen LogP contribution is -2.40. The molecule has 1 atom stereocenters. The van der Waals surface area contributed by atoms with Crippen LogP contribution >= 0.6 is 35.8 Å². The van der Waals surface area contributed by atoms with Gasteiger partial charge in [0.15, 0.2) is 0 Å². The SMILES string of the molecule is CSCCC(N)C(=O)NCc1ccc(-c2ccc(Cl)cc2)cc1F.Cl. The molecular formula is C18H21Cl2FN2OS. The summed E-state index contributed by atoms with van der Waals surface area (Å²) >= 11 is 7.49. The zero-order valence-electron chi connectivity index (χ0n) is 13.8. The molecule has 136 valence electrons. The lowest BCUT2D eigenvalue weighted by atomic mass is 10.0. The summed E-state index contributed by atoms with van der Waals surface area (Å²) in [6.45, 7) is 0.124. The summed E-state index contributed by atoms with van der Waals surface area (Å²) in [5, 5.41) is 3.32. The van der Waals surface area contributed by atoms with Crippen molar-refractivity contribution in [3.05, 3.63) is 58.9 Å². The van der Waals surface area contributed by atoms with Gasteiger partial charge in [0.05, 0.1) is 6.04 Å². The Labute approximate surface area is 162 Å². The number of nitrogens with two attached hydrogens (primary N) is 1. The van der Waals surface area contributed by atoms with Crippen molar-refractivity contribution in [2.75, 3.05) is 12.0 Å². The molecule has 0 spiro atoms. The average Bonchev–Trinajstić information content (AvgIpc) is 2.58. The molecular weight excluding hydrogens is 382 g/mol. The second-order valence-corrected chi connectivity index (χ2v) is 6.84. The van der Waals surface area contributed by atoms with Crippen LogP contribution in [-0.4, -0.2) is 24.0 Å². The highest BCUT2D eigenvalue weighted by Crippen LogP contribution is 2.23. The molecule has 0 heterocycles. The quantitative estimate of drug-likeness (QED) is 0.726. The van der Waals surface area contributed by atoms with Crippen molar-refractivity contribution in [1.82, 2.24) is 5.32 Å². The van der Waals surface area contributed by atoms with E-state index in [1.807, 2.05) is 24.5 Å². The molecule has 1 amide bonds. The van der Waals surface area contributed by atoms with Gasteiger partial charge in [0, 0.05) is 17.1 Å². The monoisotopic (exact) mass is 402 g/mol. The number of halogens is 3. The van der Waals surface area contributed by atoms with E-state index in [1.165, 1.54) is 6.07 Å². The molecule has 25 heavy (non-hydrogen) atoms. The Morgan fingerprint density at radius 2 is 1.88 bits per heavy atom. The summed E-state index contributed by atoms with van der Waals surface area (Å²) in [4.78, 5) is 11.9. The Bertz CT molecular complexity index is 698. The molecule has 3 nitrogen and oxygen atoms in total. The van der Waals surface area contributed by atoms with Gasteiger partial charge in [-0.2, -0.15) is 11.8 Å². The van der Waals surface area contributed by atoms with Gasteiger partial charge in [-0.15, -0.1) is 12.4 Å². The Kier molecular flexibility index (Phi) is 9.28. The minimum atomic E-state index is -0.561. The van der Waals surface area contributed by atoms with Crippen molar-refractivity contribution in [2.45, 2.75) is 19.0 Å². The van der Waals surface area contributed by atoms with E-state index < -0.39 is 6.04 Å². The van der Waals surface area contributed by atoms with Crippen LogP contribution < -0.4 is 11.1 Å². The molecule has 0 saturated carbocycles. The predicted octanol–water partition coefficient (Wildman–Crippen LogP) is 4.26. The Morgan fingerprint density at radius 1 is 1.24 bits per heavy atom. The number of hydrogen-bond acceptors (Lipinski definition) is 3. The highest BCUT2D eigenvalue weighted by Gasteiger charge is 2.13. The van der Waals surface area contributed by atoms with Crippen molar-refractivity contribution in [2.24, 2.45) is 5.73 Å². The lowest BCUT2D eigenvalue weighted by Gasteiger charge is -2.12. The second-order valence-electron chi connectivity index (χ2n) is 5.42. The summed E-state index contributed by atoms with van der Waals surface area (Å²) in [5.74, 6) is 0.198. The number of benzene rings is 2. The number of carbonyl (C=O) groups is 1. The molecule has 0 aliphatic rings. The van der Waals surface area contributed by atoms with E-state index >= 15 is 0 Å². The third kappa shape index (κ3) is 6.51. The van der Waals surface area contributed by atoms with Crippen molar-refractivity contribution in [3.63, 3.8) is 0 Å². The summed E-state index contributed by atoms with van der Waals surface area (Å²) in [7, 11) is 0. The number of rotatable bonds is 7. The highest BCUT2D eigenvalue weighted by molar-refractivity contribution is 7.98. The third-order valence-electron chi connectivity index (χ3n) is 3.65. The van der Waals surface area contributed by atoms with E-state index in [2.05, 4.69) is 5.32 Å². The van der Waals surface area contributed by atoms with E-state index in [0.717, 1.165) is 16.9 Å². The molecule has 0 bridgehead atoms. The van der Waals surface area contributed by atoms with Gasteiger partial charge in [0.1, 0.15) is 5.82 Å². The van der Waals surface area contributed by atoms with Gasteiger partial charge < -0.3 is 11.1 Å². The Hall–Kier alpha value is -1.27. The van der Waals surface area contributed by atoms with Gasteiger partial charge in [-0.25, -0.2) is 4.39 Å². The maximum Gasteiger partial charge on any atom is 0.237 e. The van der Waals surface area contributed by atoms with E-state index in [-0.39, 0.29) is 30.7 Å². The Balaban J connectivity index is 0.00000312. The number of carbonyl (C=O) groups excluding carboxylic acids is 1. The molecule has 2 rings (SSSR count). The molecule has 0 aromatic heterocycles. The first-order valence-electron chi connectivity index (χ1n) is 7.58. The van der Waals surface area contributed by atoms with Crippen molar-refractivity contribution in [1.29, 1.82) is 0 Å². The highest BCUT2D eigenvalue weighted by atomic mass is 35.5. The largest absolute Gasteiger partial charge is 0.351 e. The van der Waals surface area contributed by atoms with Crippen LogP contribution in [0.2, 0.25) is 5.02 Å². The normalized spacial score (nSPS) is 11.5. The summed E-state index contributed by atoms with van der Waals surface area (Å²) in [5.41, 5.74) is 7.86. The smallest absolute Gasteiger partial charge is 0.237 e. The molecule has 0 saturated heterocycles. The number of amides is 1. The van der Waals surface area contributed by atoms with Crippen LogP contribution in [0.4, 0.5) is 4.39 Å². The molecule has 2 aromatic rings. The number of hydrogen-bond donors (Lipinski definition) is 2. The number of thioether (sulfide) groups is 1. The maximum atomic E-state index is 14.3. The van der Waals surface area contributed by atoms with Gasteiger partial charge in [-0.1, -0.05) is 35.9 Å². The third-order valence-corrected chi connectivity index (χ3v) is 4.55. The molecule has 7 heteroatoms. The van der Waals surface area contributed by atoms with Crippen LogP contribution in [-0.2, 0) is 11.3 Å². The van der Waals surface area contributed by atoms with Crippen molar-refractivity contribution in [3.8, 4) is 11.1 Å². The first-order valence-corrected chi connectivity index (χ1v) is 9.35. The zero-order valence-corrected chi connectivity index (χ0v) is 16.2. The maximum absolute atomic E-state index is 14.3.